The summed E-state index contributed by atoms with van der Waals surface area (Å²) in [5, 5.41) is 13.7. The predicted octanol–water partition coefficient (Wildman–Crippen LogP) is 4.41. The van der Waals surface area contributed by atoms with Crippen LogP contribution in [-0.2, 0) is 0 Å². The number of likely N-dealkylation sites (tertiary alicyclic amines) is 1. The molecule has 2 unspecified atom stereocenters. The Morgan fingerprint density at radius 2 is 1.74 bits per heavy atom. The summed E-state index contributed by atoms with van der Waals surface area (Å²) in [6.45, 7) is 5.59. The molecule has 5 fully saturated rings. The molecule has 0 amide bonds. The maximum atomic E-state index is 10.2. The Balaban J connectivity index is 1.17. The standard InChI is InChI=1S/C27H33N7/c28-11-23-22(18-5-7-33(8-6-18)14-17-1-2-17)10-25(32-27(23)34-15-20-9-21(20)16-34)31-26-13-29-24(12-30-26)19-3-4-19/h10,12-13,17-21H,1-9,14-16H2,(H,30,31,32). The van der Waals surface area contributed by atoms with Crippen molar-refractivity contribution in [1.82, 2.24) is 19.9 Å². The molecular weight excluding hydrogens is 422 g/mol. The van der Waals surface area contributed by atoms with Crippen molar-refractivity contribution in [3.63, 3.8) is 0 Å². The van der Waals surface area contributed by atoms with Gasteiger partial charge in [0.1, 0.15) is 23.5 Å². The van der Waals surface area contributed by atoms with Crippen molar-refractivity contribution >= 4 is 17.5 Å². The number of rotatable bonds is 7. The van der Waals surface area contributed by atoms with Crippen LogP contribution in [0, 0.1) is 29.1 Å². The van der Waals surface area contributed by atoms with Crippen molar-refractivity contribution in [2.24, 2.45) is 17.8 Å². The second-order valence-corrected chi connectivity index (χ2v) is 11.3. The molecule has 0 radical (unpaired) electrons. The van der Waals surface area contributed by atoms with Crippen molar-refractivity contribution in [1.29, 1.82) is 5.26 Å². The lowest BCUT2D eigenvalue weighted by Crippen LogP contribution is -2.34. The van der Waals surface area contributed by atoms with Gasteiger partial charge in [0.15, 0.2) is 0 Å². The van der Waals surface area contributed by atoms with Crippen LogP contribution in [0.4, 0.5) is 17.5 Å². The Morgan fingerprint density at radius 1 is 0.941 bits per heavy atom. The van der Waals surface area contributed by atoms with Crippen LogP contribution in [0.25, 0.3) is 0 Å². The van der Waals surface area contributed by atoms with E-state index in [0.29, 0.717) is 11.8 Å². The topological polar surface area (TPSA) is 81.0 Å². The highest BCUT2D eigenvalue weighted by molar-refractivity contribution is 5.66. The van der Waals surface area contributed by atoms with Gasteiger partial charge in [0.2, 0.25) is 0 Å². The number of anilines is 3. The summed E-state index contributed by atoms with van der Waals surface area (Å²) < 4.78 is 0. The van der Waals surface area contributed by atoms with E-state index in [4.69, 9.17) is 4.98 Å². The Hall–Kier alpha value is -2.72. The maximum Gasteiger partial charge on any atom is 0.150 e. The molecule has 5 aliphatic rings. The lowest BCUT2D eigenvalue weighted by atomic mass is 9.86. The Labute approximate surface area is 201 Å². The van der Waals surface area contributed by atoms with Crippen molar-refractivity contribution in [3.05, 3.63) is 35.3 Å². The van der Waals surface area contributed by atoms with Gasteiger partial charge in [-0.3, -0.25) is 4.98 Å². The molecule has 7 nitrogen and oxygen atoms in total. The molecule has 3 saturated carbocycles. The Bertz CT molecular complexity index is 1100. The van der Waals surface area contributed by atoms with Gasteiger partial charge in [0, 0.05) is 25.6 Å². The number of nitrogens with zero attached hydrogens (tertiary/aromatic N) is 6. The fourth-order valence-corrected chi connectivity index (χ4v) is 6.07. The molecule has 2 saturated heterocycles. The minimum atomic E-state index is 0.410. The highest BCUT2D eigenvalue weighted by Gasteiger charge is 2.46. The van der Waals surface area contributed by atoms with Crippen LogP contribution in [0.3, 0.4) is 0 Å². The van der Waals surface area contributed by atoms with Gasteiger partial charge in [0.25, 0.3) is 0 Å². The van der Waals surface area contributed by atoms with E-state index in [2.05, 4.69) is 37.2 Å². The number of aromatic nitrogens is 3. The van der Waals surface area contributed by atoms with Gasteiger partial charge in [-0.1, -0.05) is 0 Å². The number of nitrogens with one attached hydrogen (secondary N) is 1. The molecule has 0 spiro atoms. The first kappa shape index (κ1) is 20.6. The summed E-state index contributed by atoms with van der Waals surface area (Å²) in [4.78, 5) is 19.2. The average molecular weight is 456 g/mol. The summed E-state index contributed by atoms with van der Waals surface area (Å²) in [7, 11) is 0. The third kappa shape index (κ3) is 4.13. The van der Waals surface area contributed by atoms with Gasteiger partial charge in [-0.05, 0) is 93.3 Å². The summed E-state index contributed by atoms with van der Waals surface area (Å²) >= 11 is 0. The van der Waals surface area contributed by atoms with E-state index >= 15 is 0 Å². The molecule has 2 aromatic heterocycles. The maximum absolute atomic E-state index is 10.2. The number of hydrogen-bond acceptors (Lipinski definition) is 7. The quantitative estimate of drug-likeness (QED) is 0.662. The van der Waals surface area contributed by atoms with Crippen molar-refractivity contribution < 1.29 is 0 Å². The zero-order chi connectivity index (χ0) is 22.6. The normalized spacial score (nSPS) is 26.9. The molecule has 7 rings (SSSR count). The second-order valence-electron chi connectivity index (χ2n) is 11.3. The number of piperidine rings is 2. The highest BCUT2D eigenvalue weighted by Crippen LogP contribution is 2.47. The predicted molar refractivity (Wildman–Crippen MR) is 131 cm³/mol. The number of hydrogen-bond donors (Lipinski definition) is 1. The molecule has 2 aromatic rings. The third-order valence-electron chi connectivity index (χ3n) is 8.59. The van der Waals surface area contributed by atoms with Crippen LogP contribution in [-0.4, -0.2) is 52.6 Å². The molecular formula is C27H33N7. The van der Waals surface area contributed by atoms with E-state index in [-0.39, 0.29) is 0 Å². The van der Waals surface area contributed by atoms with Gasteiger partial charge >= 0.3 is 0 Å². The van der Waals surface area contributed by atoms with Crippen LogP contribution < -0.4 is 10.2 Å². The van der Waals surface area contributed by atoms with Gasteiger partial charge in [0.05, 0.1) is 23.7 Å². The second kappa shape index (κ2) is 8.20. The van der Waals surface area contributed by atoms with Crippen molar-refractivity contribution in [2.75, 3.05) is 42.9 Å². The largest absolute Gasteiger partial charge is 0.355 e. The molecule has 7 heteroatoms. The first-order chi connectivity index (χ1) is 16.7. The summed E-state index contributed by atoms with van der Waals surface area (Å²) in [6, 6.07) is 4.69. The van der Waals surface area contributed by atoms with Crippen LogP contribution in [0.15, 0.2) is 18.5 Å². The smallest absolute Gasteiger partial charge is 0.150 e. The highest BCUT2D eigenvalue weighted by atomic mass is 15.2. The fraction of sp³-hybridized carbons (Fsp3) is 0.630. The van der Waals surface area contributed by atoms with Crippen molar-refractivity contribution in [3.8, 4) is 6.07 Å². The van der Waals surface area contributed by atoms with E-state index in [1.165, 1.54) is 44.2 Å². The average Bonchev–Trinajstić information content (AvgIpc) is 3.76. The number of nitriles is 1. The summed E-state index contributed by atoms with van der Waals surface area (Å²) in [6.07, 6.45) is 12.6. The third-order valence-corrected chi connectivity index (χ3v) is 8.59. The SMILES string of the molecule is N#Cc1c(C2CCN(CC3CC3)CC2)cc(Nc2cnc(C3CC3)cn2)nc1N1CC2CC2C1. The molecule has 1 N–H and O–H groups in total. The minimum Gasteiger partial charge on any atom is -0.355 e. The summed E-state index contributed by atoms with van der Waals surface area (Å²) in [5.41, 5.74) is 3.06. The van der Waals surface area contributed by atoms with E-state index < -0.39 is 0 Å². The Kier molecular flexibility index (Phi) is 4.97. The van der Waals surface area contributed by atoms with E-state index in [0.717, 1.165) is 85.5 Å². The summed E-state index contributed by atoms with van der Waals surface area (Å²) in [5.74, 6) is 5.91. The van der Waals surface area contributed by atoms with Gasteiger partial charge < -0.3 is 15.1 Å². The lowest BCUT2D eigenvalue weighted by Gasteiger charge is -2.33. The fourth-order valence-electron chi connectivity index (χ4n) is 6.07. The number of pyridine rings is 1. The number of fused-ring (bicyclic) bond motifs is 1. The molecule has 34 heavy (non-hydrogen) atoms. The first-order valence-corrected chi connectivity index (χ1v) is 13.2. The minimum absolute atomic E-state index is 0.410. The molecule has 3 aliphatic carbocycles. The van der Waals surface area contributed by atoms with E-state index in [1.54, 1.807) is 0 Å². The van der Waals surface area contributed by atoms with E-state index in [9.17, 15) is 5.26 Å². The van der Waals surface area contributed by atoms with Gasteiger partial charge in [-0.2, -0.15) is 5.26 Å². The van der Waals surface area contributed by atoms with Crippen molar-refractivity contribution in [2.45, 2.75) is 56.8 Å². The van der Waals surface area contributed by atoms with Crippen LogP contribution in [0.2, 0.25) is 0 Å². The van der Waals surface area contributed by atoms with Crippen LogP contribution in [0.5, 0.6) is 0 Å². The molecule has 176 valence electrons. The molecule has 2 aliphatic heterocycles. The zero-order valence-electron chi connectivity index (χ0n) is 19.8. The first-order valence-electron chi connectivity index (χ1n) is 13.2. The molecule has 4 heterocycles. The van der Waals surface area contributed by atoms with Gasteiger partial charge in [-0.15, -0.1) is 0 Å². The van der Waals surface area contributed by atoms with Gasteiger partial charge in [-0.25, -0.2) is 9.97 Å². The van der Waals surface area contributed by atoms with E-state index in [1.807, 2.05) is 12.4 Å². The molecule has 0 bridgehead atoms. The van der Waals surface area contributed by atoms with Crippen LogP contribution in [0.1, 0.15) is 73.6 Å². The Morgan fingerprint density at radius 3 is 2.38 bits per heavy atom. The lowest BCUT2D eigenvalue weighted by molar-refractivity contribution is 0.204. The van der Waals surface area contributed by atoms with Crippen LogP contribution >= 0.6 is 0 Å². The molecule has 0 aromatic carbocycles. The molecule has 2 atom stereocenters. The zero-order valence-corrected chi connectivity index (χ0v) is 19.8. The monoisotopic (exact) mass is 455 g/mol.